The van der Waals surface area contributed by atoms with Gasteiger partial charge in [-0.3, -0.25) is 0 Å². The SMILES string of the molecule is CCCCCC(N)(N)CCO.N. The Hall–Kier alpha value is -0.160. The molecule has 0 radical (unpaired) electrons. The maximum atomic E-state index is 8.60. The minimum Gasteiger partial charge on any atom is -0.396 e. The Bertz CT molecular complexity index is 96.3. The summed E-state index contributed by atoms with van der Waals surface area (Å²) < 4.78 is 0. The highest BCUT2D eigenvalue weighted by molar-refractivity contribution is 4.75. The molecule has 0 aliphatic carbocycles. The molecule has 0 fully saturated rings. The Morgan fingerprint density at radius 3 is 2.17 bits per heavy atom. The van der Waals surface area contributed by atoms with Gasteiger partial charge in [-0.05, 0) is 6.42 Å². The van der Waals surface area contributed by atoms with Gasteiger partial charge in [-0.25, -0.2) is 0 Å². The van der Waals surface area contributed by atoms with Crippen LogP contribution in [0.1, 0.15) is 39.0 Å². The predicted octanol–water partition coefficient (Wildman–Crippen LogP) is 0.725. The lowest BCUT2D eigenvalue weighted by Gasteiger charge is -2.23. The van der Waals surface area contributed by atoms with Gasteiger partial charge in [0.05, 0.1) is 5.66 Å². The van der Waals surface area contributed by atoms with Crippen molar-refractivity contribution in [3.05, 3.63) is 0 Å². The van der Waals surface area contributed by atoms with Gasteiger partial charge in [-0.15, -0.1) is 0 Å². The van der Waals surface area contributed by atoms with Crippen LogP contribution in [-0.4, -0.2) is 17.4 Å². The lowest BCUT2D eigenvalue weighted by Crippen LogP contribution is -2.49. The number of aliphatic hydroxyl groups is 1. The highest BCUT2D eigenvalue weighted by Crippen LogP contribution is 2.09. The molecule has 0 saturated heterocycles. The van der Waals surface area contributed by atoms with E-state index in [2.05, 4.69) is 6.92 Å². The molecular weight excluding hydrogens is 154 g/mol. The highest BCUT2D eigenvalue weighted by atomic mass is 16.3. The molecule has 0 aliphatic rings. The van der Waals surface area contributed by atoms with Crippen molar-refractivity contribution in [2.45, 2.75) is 44.7 Å². The Morgan fingerprint density at radius 1 is 1.17 bits per heavy atom. The molecule has 4 nitrogen and oxygen atoms in total. The molecule has 0 aromatic carbocycles. The molecule has 0 saturated carbocycles. The summed E-state index contributed by atoms with van der Waals surface area (Å²) in [6.45, 7) is 2.22. The summed E-state index contributed by atoms with van der Waals surface area (Å²) in [5.74, 6) is 0. The summed E-state index contributed by atoms with van der Waals surface area (Å²) in [6, 6.07) is 0. The van der Waals surface area contributed by atoms with E-state index >= 15 is 0 Å². The van der Waals surface area contributed by atoms with Gasteiger partial charge in [0.1, 0.15) is 0 Å². The van der Waals surface area contributed by atoms with Crippen molar-refractivity contribution < 1.29 is 5.11 Å². The van der Waals surface area contributed by atoms with Crippen LogP contribution in [0.25, 0.3) is 0 Å². The molecule has 76 valence electrons. The van der Waals surface area contributed by atoms with E-state index in [1.165, 1.54) is 12.8 Å². The van der Waals surface area contributed by atoms with E-state index in [-0.39, 0.29) is 12.8 Å². The summed E-state index contributed by atoms with van der Waals surface area (Å²) in [7, 11) is 0. The van der Waals surface area contributed by atoms with E-state index in [1.54, 1.807) is 0 Å². The zero-order chi connectivity index (χ0) is 8.74. The van der Waals surface area contributed by atoms with Crippen LogP contribution < -0.4 is 17.6 Å². The van der Waals surface area contributed by atoms with Gasteiger partial charge < -0.3 is 22.7 Å². The average Bonchev–Trinajstić information content (AvgIpc) is 1.87. The molecule has 12 heavy (non-hydrogen) atoms. The monoisotopic (exact) mass is 177 g/mol. The third kappa shape index (κ3) is 7.94. The van der Waals surface area contributed by atoms with Gasteiger partial charge in [0.2, 0.25) is 0 Å². The number of nitrogens with two attached hydrogens (primary N) is 2. The minimum absolute atomic E-state index is 0. The van der Waals surface area contributed by atoms with Crippen LogP contribution in [0.5, 0.6) is 0 Å². The van der Waals surface area contributed by atoms with Crippen molar-refractivity contribution in [3.63, 3.8) is 0 Å². The fourth-order valence-corrected chi connectivity index (χ4v) is 1.04. The second-order valence-electron chi connectivity index (χ2n) is 3.16. The van der Waals surface area contributed by atoms with E-state index in [0.717, 1.165) is 12.8 Å². The van der Waals surface area contributed by atoms with Crippen molar-refractivity contribution in [1.82, 2.24) is 6.15 Å². The molecule has 0 rings (SSSR count). The van der Waals surface area contributed by atoms with Gasteiger partial charge >= 0.3 is 0 Å². The normalized spacial score (nSPS) is 11.0. The van der Waals surface area contributed by atoms with Crippen LogP contribution in [-0.2, 0) is 0 Å². The third-order valence-electron chi connectivity index (χ3n) is 1.82. The maximum Gasteiger partial charge on any atom is 0.0658 e. The van der Waals surface area contributed by atoms with Crippen LogP contribution >= 0.6 is 0 Å². The molecule has 4 heteroatoms. The standard InChI is InChI=1S/C8H20N2O.H3N/c1-2-3-4-5-8(9,10)6-7-11;/h11H,2-7,9-10H2,1H3;1H3. The van der Waals surface area contributed by atoms with Crippen molar-refractivity contribution in [1.29, 1.82) is 0 Å². The Kier molecular flexibility index (Phi) is 8.97. The van der Waals surface area contributed by atoms with Gasteiger partial charge in [0, 0.05) is 13.0 Å². The molecule has 0 unspecified atom stereocenters. The number of hydrogen-bond acceptors (Lipinski definition) is 4. The molecular formula is C8H23N3O. The minimum atomic E-state index is -0.649. The summed E-state index contributed by atoms with van der Waals surface area (Å²) in [4.78, 5) is 0. The quantitative estimate of drug-likeness (QED) is 0.354. The van der Waals surface area contributed by atoms with Crippen molar-refractivity contribution in [2.75, 3.05) is 6.61 Å². The van der Waals surface area contributed by atoms with Crippen molar-refractivity contribution in [2.24, 2.45) is 11.5 Å². The zero-order valence-corrected chi connectivity index (χ0v) is 8.05. The van der Waals surface area contributed by atoms with Gasteiger partial charge in [-0.2, -0.15) is 0 Å². The van der Waals surface area contributed by atoms with Crippen LogP contribution in [0, 0.1) is 0 Å². The molecule has 0 spiro atoms. The van der Waals surface area contributed by atoms with E-state index in [1.807, 2.05) is 0 Å². The first kappa shape index (κ1) is 14.4. The topological polar surface area (TPSA) is 107 Å². The lowest BCUT2D eigenvalue weighted by atomic mass is 10.0. The van der Waals surface area contributed by atoms with Crippen LogP contribution in [0.3, 0.4) is 0 Å². The fourth-order valence-electron chi connectivity index (χ4n) is 1.04. The fraction of sp³-hybridized carbons (Fsp3) is 1.00. The molecule has 0 atom stereocenters. The summed E-state index contributed by atoms with van der Waals surface area (Å²) in [5, 5.41) is 8.60. The molecule has 8 N–H and O–H groups in total. The predicted molar refractivity (Wildman–Crippen MR) is 52.0 cm³/mol. The third-order valence-corrected chi connectivity index (χ3v) is 1.82. The van der Waals surface area contributed by atoms with Crippen LogP contribution in [0.2, 0.25) is 0 Å². The molecule has 0 bridgehead atoms. The molecule has 0 aromatic heterocycles. The van der Waals surface area contributed by atoms with E-state index in [0.29, 0.717) is 6.42 Å². The van der Waals surface area contributed by atoms with Gasteiger partial charge in [0.25, 0.3) is 0 Å². The first-order valence-electron chi connectivity index (χ1n) is 4.31. The van der Waals surface area contributed by atoms with E-state index < -0.39 is 5.66 Å². The average molecular weight is 177 g/mol. The smallest absolute Gasteiger partial charge is 0.0658 e. The van der Waals surface area contributed by atoms with Gasteiger partial charge in [0.15, 0.2) is 0 Å². The summed E-state index contributed by atoms with van der Waals surface area (Å²) in [6.07, 6.45) is 4.71. The van der Waals surface area contributed by atoms with Crippen molar-refractivity contribution >= 4 is 0 Å². The maximum absolute atomic E-state index is 8.60. The number of aliphatic hydroxyl groups excluding tert-OH is 1. The van der Waals surface area contributed by atoms with E-state index in [4.69, 9.17) is 16.6 Å². The molecule has 0 amide bonds. The first-order chi connectivity index (χ1) is 5.12. The van der Waals surface area contributed by atoms with E-state index in [9.17, 15) is 0 Å². The highest BCUT2D eigenvalue weighted by Gasteiger charge is 2.16. The molecule has 0 aromatic rings. The number of rotatable bonds is 6. The number of unbranched alkanes of at least 4 members (excludes halogenated alkanes) is 2. The Morgan fingerprint density at radius 2 is 1.75 bits per heavy atom. The van der Waals surface area contributed by atoms with Crippen LogP contribution in [0.15, 0.2) is 0 Å². The Balaban J connectivity index is 0. The lowest BCUT2D eigenvalue weighted by molar-refractivity contribution is 0.231. The second-order valence-corrected chi connectivity index (χ2v) is 3.16. The first-order valence-corrected chi connectivity index (χ1v) is 4.31. The largest absolute Gasteiger partial charge is 0.396 e. The van der Waals surface area contributed by atoms with Crippen molar-refractivity contribution in [3.8, 4) is 0 Å². The number of hydrogen-bond donors (Lipinski definition) is 4. The Labute approximate surface area is 74.9 Å². The zero-order valence-electron chi connectivity index (χ0n) is 8.05. The van der Waals surface area contributed by atoms with Crippen LogP contribution in [0.4, 0.5) is 0 Å². The molecule has 0 heterocycles. The second kappa shape index (κ2) is 7.49. The summed E-state index contributed by atoms with van der Waals surface area (Å²) >= 11 is 0. The summed E-state index contributed by atoms with van der Waals surface area (Å²) in [5.41, 5.74) is 10.7. The van der Waals surface area contributed by atoms with Gasteiger partial charge in [-0.1, -0.05) is 26.2 Å². The molecule has 0 aliphatic heterocycles.